The van der Waals surface area contributed by atoms with E-state index in [1.807, 2.05) is 97.1 Å². The molecule has 3 atom stereocenters. The third-order valence-electron chi connectivity index (χ3n) is 10.1. The van der Waals surface area contributed by atoms with Gasteiger partial charge in [-0.3, -0.25) is 4.79 Å². The fraction of sp³-hybridized carbons (Fsp3) is 0.429. The number of ether oxygens (including phenoxy) is 6. The fourth-order valence-corrected chi connectivity index (χ4v) is 5.89. The summed E-state index contributed by atoms with van der Waals surface area (Å²) in [6, 6.07) is 30.9. The third-order valence-corrected chi connectivity index (χ3v) is 10.1. The van der Waals surface area contributed by atoms with Crippen molar-refractivity contribution in [2.45, 2.75) is 91.0 Å². The Balaban J connectivity index is 1.22. The SMILES string of the molecule is C=C(C)C(=O)OCC(O)COc1ccc(C(C)(C)c2ccc(OCC(C)(O)COc3ccc(C(C)(C)c4ccc(OCC(O)COC(=O)C(C)(C)C)cc4)cc3)cc2)cc1. The topological polar surface area (TPSA) is 150 Å². The largest absolute Gasteiger partial charge is 0.491 e. The maximum atomic E-state index is 12.0. The lowest BCUT2D eigenvalue weighted by molar-refractivity contribution is -0.156. The van der Waals surface area contributed by atoms with Crippen LogP contribution >= 0.6 is 0 Å². The van der Waals surface area contributed by atoms with Crippen molar-refractivity contribution in [2.24, 2.45) is 5.41 Å². The predicted molar refractivity (Wildman–Crippen MR) is 231 cm³/mol. The van der Waals surface area contributed by atoms with Crippen molar-refractivity contribution in [3.63, 3.8) is 0 Å². The van der Waals surface area contributed by atoms with E-state index >= 15 is 0 Å². The van der Waals surface area contributed by atoms with E-state index in [4.69, 9.17) is 28.4 Å². The summed E-state index contributed by atoms with van der Waals surface area (Å²) < 4.78 is 33.5. The molecule has 60 heavy (non-hydrogen) atoms. The molecular weight excluding hydrogens is 765 g/mol. The quantitative estimate of drug-likeness (QED) is 0.0560. The molecule has 4 aromatic carbocycles. The highest BCUT2D eigenvalue weighted by Gasteiger charge is 2.27. The van der Waals surface area contributed by atoms with Gasteiger partial charge in [-0.05, 0) is 105 Å². The first-order valence-electron chi connectivity index (χ1n) is 20.1. The van der Waals surface area contributed by atoms with Gasteiger partial charge in [0.1, 0.15) is 80.4 Å². The summed E-state index contributed by atoms with van der Waals surface area (Å²) in [5.41, 5.74) is 1.96. The van der Waals surface area contributed by atoms with Gasteiger partial charge in [-0.15, -0.1) is 0 Å². The van der Waals surface area contributed by atoms with Crippen LogP contribution in [-0.4, -0.2) is 84.7 Å². The number of carbonyl (C=O) groups excluding carboxylic acids is 2. The monoisotopic (exact) mass is 826 g/mol. The van der Waals surface area contributed by atoms with Crippen LogP contribution in [-0.2, 0) is 29.9 Å². The second-order valence-electron chi connectivity index (χ2n) is 17.6. The zero-order chi connectivity index (χ0) is 44.3. The molecule has 0 fully saturated rings. The van der Waals surface area contributed by atoms with Gasteiger partial charge in [-0.25, -0.2) is 4.79 Å². The van der Waals surface area contributed by atoms with Crippen LogP contribution in [0.1, 0.15) is 84.6 Å². The van der Waals surface area contributed by atoms with E-state index in [-0.39, 0.29) is 62.0 Å². The van der Waals surface area contributed by atoms with Crippen LogP contribution in [0.2, 0.25) is 0 Å². The smallest absolute Gasteiger partial charge is 0.333 e. The minimum Gasteiger partial charge on any atom is -0.491 e. The predicted octanol–water partition coefficient (Wildman–Crippen LogP) is 7.74. The third kappa shape index (κ3) is 13.9. The van der Waals surface area contributed by atoms with Crippen LogP contribution in [0.15, 0.2) is 109 Å². The molecule has 0 heterocycles. The number of hydrogen-bond donors (Lipinski definition) is 3. The van der Waals surface area contributed by atoms with Crippen LogP contribution in [0.4, 0.5) is 0 Å². The van der Waals surface area contributed by atoms with Crippen molar-refractivity contribution in [1.29, 1.82) is 0 Å². The summed E-state index contributed by atoms with van der Waals surface area (Å²) in [5.74, 6) is 1.49. The molecule has 3 N–H and O–H groups in total. The van der Waals surface area contributed by atoms with Gasteiger partial charge in [0.2, 0.25) is 0 Å². The average Bonchev–Trinajstić information content (AvgIpc) is 3.22. The standard InChI is InChI=1S/C49H62O11/c1-33(2)44(52)57-29-38(50)27-55-40-19-11-34(12-20-40)47(6,7)36-15-23-42(24-16-36)59-31-49(10,54)32-60-43-25-17-37(18-26-43)48(8,9)35-13-21-41(22-14-35)56-28-39(51)30-58-45(53)46(3,4)5/h11-26,38-39,50-51,54H,1,27-32H2,2-10H3. The highest BCUT2D eigenvalue weighted by molar-refractivity contribution is 5.86. The van der Waals surface area contributed by atoms with E-state index < -0.39 is 29.2 Å². The molecule has 4 aromatic rings. The van der Waals surface area contributed by atoms with E-state index in [1.54, 1.807) is 34.6 Å². The molecular formula is C49H62O11. The first-order valence-corrected chi connectivity index (χ1v) is 20.1. The fourth-order valence-electron chi connectivity index (χ4n) is 5.89. The molecule has 11 nitrogen and oxygen atoms in total. The average molecular weight is 827 g/mol. The molecule has 0 spiro atoms. The minimum absolute atomic E-state index is 0.00204. The molecule has 0 saturated carbocycles. The number of benzene rings is 4. The van der Waals surface area contributed by atoms with Crippen LogP contribution < -0.4 is 18.9 Å². The number of rotatable bonds is 21. The summed E-state index contributed by atoms with van der Waals surface area (Å²) in [5, 5.41) is 31.4. The van der Waals surface area contributed by atoms with E-state index in [0.717, 1.165) is 22.3 Å². The summed E-state index contributed by atoms with van der Waals surface area (Å²) in [6.45, 7) is 20.2. The van der Waals surface area contributed by atoms with Gasteiger partial charge in [0, 0.05) is 16.4 Å². The molecule has 0 aromatic heterocycles. The molecule has 0 aliphatic rings. The van der Waals surface area contributed by atoms with Crippen molar-refractivity contribution in [1.82, 2.24) is 0 Å². The first-order chi connectivity index (χ1) is 28.1. The van der Waals surface area contributed by atoms with Crippen LogP contribution in [0, 0.1) is 5.41 Å². The molecule has 0 aliphatic heterocycles. The van der Waals surface area contributed by atoms with Crippen LogP contribution in [0.25, 0.3) is 0 Å². The number of esters is 2. The van der Waals surface area contributed by atoms with E-state index in [2.05, 4.69) is 34.3 Å². The van der Waals surface area contributed by atoms with Gasteiger partial charge in [0.15, 0.2) is 0 Å². The lowest BCUT2D eigenvalue weighted by atomic mass is 9.78. The van der Waals surface area contributed by atoms with E-state index in [1.165, 1.54) is 0 Å². The Morgan fingerprint density at radius 1 is 0.517 bits per heavy atom. The summed E-state index contributed by atoms with van der Waals surface area (Å²) in [7, 11) is 0. The van der Waals surface area contributed by atoms with Crippen molar-refractivity contribution < 1.29 is 53.3 Å². The highest BCUT2D eigenvalue weighted by atomic mass is 16.6. The second-order valence-corrected chi connectivity index (χ2v) is 17.6. The van der Waals surface area contributed by atoms with Gasteiger partial charge in [-0.1, -0.05) is 82.8 Å². The Bertz CT molecular complexity index is 1990. The Labute approximate surface area is 354 Å². The molecule has 0 aliphatic carbocycles. The molecule has 3 unspecified atom stereocenters. The molecule has 11 heteroatoms. The molecule has 0 radical (unpaired) electrons. The van der Waals surface area contributed by atoms with Gasteiger partial charge in [0.25, 0.3) is 0 Å². The zero-order valence-corrected chi connectivity index (χ0v) is 36.4. The van der Waals surface area contributed by atoms with Crippen molar-refractivity contribution in [3.05, 3.63) is 131 Å². The molecule has 0 amide bonds. The van der Waals surface area contributed by atoms with Gasteiger partial charge >= 0.3 is 11.9 Å². The summed E-state index contributed by atoms with van der Waals surface area (Å²) in [4.78, 5) is 23.5. The lowest BCUT2D eigenvalue weighted by Crippen LogP contribution is -2.38. The molecule has 4 rings (SSSR count). The Morgan fingerprint density at radius 2 is 0.817 bits per heavy atom. The number of aliphatic hydroxyl groups is 3. The van der Waals surface area contributed by atoms with Crippen LogP contribution in [0.5, 0.6) is 23.0 Å². The summed E-state index contributed by atoms with van der Waals surface area (Å²) in [6.07, 6.45) is -1.90. The van der Waals surface area contributed by atoms with Crippen molar-refractivity contribution in [3.8, 4) is 23.0 Å². The second kappa shape index (κ2) is 20.3. The maximum Gasteiger partial charge on any atom is 0.333 e. The lowest BCUT2D eigenvalue weighted by Gasteiger charge is -2.27. The molecule has 0 bridgehead atoms. The highest BCUT2D eigenvalue weighted by Crippen LogP contribution is 2.35. The van der Waals surface area contributed by atoms with Crippen LogP contribution in [0.3, 0.4) is 0 Å². The Morgan fingerprint density at radius 3 is 1.12 bits per heavy atom. The Kier molecular flexibility index (Phi) is 16.0. The minimum atomic E-state index is -1.26. The van der Waals surface area contributed by atoms with Crippen molar-refractivity contribution >= 4 is 11.9 Å². The zero-order valence-electron chi connectivity index (χ0n) is 36.4. The van der Waals surface area contributed by atoms with E-state index in [0.29, 0.717) is 23.0 Å². The number of hydrogen-bond acceptors (Lipinski definition) is 11. The first kappa shape index (κ1) is 47.3. The van der Waals surface area contributed by atoms with Gasteiger partial charge in [0.05, 0.1) is 5.41 Å². The Hall–Kier alpha value is -5.36. The summed E-state index contributed by atoms with van der Waals surface area (Å²) >= 11 is 0. The van der Waals surface area contributed by atoms with Gasteiger partial charge in [-0.2, -0.15) is 0 Å². The normalized spacial score (nSPS) is 13.9. The van der Waals surface area contributed by atoms with Gasteiger partial charge < -0.3 is 43.7 Å². The maximum absolute atomic E-state index is 12.0. The number of aliphatic hydroxyl groups excluding tert-OH is 2. The number of carbonyl (C=O) groups is 2. The molecule has 324 valence electrons. The van der Waals surface area contributed by atoms with Crippen molar-refractivity contribution in [2.75, 3.05) is 39.6 Å². The van der Waals surface area contributed by atoms with E-state index in [9.17, 15) is 24.9 Å². The molecule has 0 saturated heterocycles.